The lowest BCUT2D eigenvalue weighted by Gasteiger charge is -2.31. The molecule has 0 N–H and O–H groups in total. The van der Waals surface area contributed by atoms with Gasteiger partial charge in [0.1, 0.15) is 0 Å². The molecule has 0 unspecified atom stereocenters. The third-order valence-electron chi connectivity index (χ3n) is 4.85. The minimum absolute atomic E-state index is 0.120. The van der Waals surface area contributed by atoms with Crippen LogP contribution in [0.3, 0.4) is 0 Å². The van der Waals surface area contributed by atoms with Gasteiger partial charge in [-0.2, -0.15) is 0 Å². The van der Waals surface area contributed by atoms with Crippen LogP contribution in [0.25, 0.3) is 0 Å². The van der Waals surface area contributed by atoms with Crippen molar-refractivity contribution in [1.29, 1.82) is 0 Å². The summed E-state index contributed by atoms with van der Waals surface area (Å²) in [4.78, 5) is 19.2. The van der Waals surface area contributed by atoms with E-state index in [1.165, 1.54) is 5.56 Å². The molecule has 1 aromatic heterocycles. The molecule has 1 aliphatic heterocycles. The lowest BCUT2D eigenvalue weighted by atomic mass is 9.87. The van der Waals surface area contributed by atoms with Gasteiger partial charge in [-0.15, -0.1) is 0 Å². The van der Waals surface area contributed by atoms with E-state index in [0.29, 0.717) is 11.5 Å². The topological polar surface area (TPSA) is 33.2 Å². The van der Waals surface area contributed by atoms with Crippen LogP contribution in [0.1, 0.15) is 53.7 Å². The maximum Gasteiger partial charge on any atom is 0.255 e. The van der Waals surface area contributed by atoms with Gasteiger partial charge < -0.3 is 4.90 Å². The molecular formula is C20H24N2O. The van der Waals surface area contributed by atoms with Gasteiger partial charge in [0.05, 0.1) is 5.56 Å². The molecule has 1 aromatic carbocycles. The normalized spacial score (nSPS) is 18.9. The van der Waals surface area contributed by atoms with Crippen molar-refractivity contribution in [2.45, 2.75) is 45.1 Å². The maximum absolute atomic E-state index is 12.9. The van der Waals surface area contributed by atoms with Crippen molar-refractivity contribution in [3.05, 3.63) is 65.5 Å². The number of nitrogens with zero attached hydrogens (tertiary/aromatic N) is 2. The van der Waals surface area contributed by atoms with Crippen LogP contribution in [0.5, 0.6) is 0 Å². The zero-order valence-corrected chi connectivity index (χ0v) is 13.9. The Morgan fingerprint density at radius 3 is 2.70 bits per heavy atom. The van der Waals surface area contributed by atoms with Gasteiger partial charge in [-0.3, -0.25) is 9.78 Å². The SMILES string of the molecule is CC[C@H](c1ccccc1)[C@H]1CCCN1C(=O)c1ccc(C)nc1. The highest BCUT2D eigenvalue weighted by Gasteiger charge is 2.35. The van der Waals surface area contributed by atoms with Crippen LogP contribution < -0.4 is 0 Å². The quantitative estimate of drug-likeness (QED) is 0.848. The van der Waals surface area contributed by atoms with Crippen LogP contribution in [0.2, 0.25) is 0 Å². The zero-order valence-electron chi connectivity index (χ0n) is 13.9. The summed E-state index contributed by atoms with van der Waals surface area (Å²) in [5.74, 6) is 0.524. The third kappa shape index (κ3) is 3.29. The van der Waals surface area contributed by atoms with Crippen LogP contribution in [0.15, 0.2) is 48.7 Å². The van der Waals surface area contributed by atoms with Gasteiger partial charge in [0, 0.05) is 30.4 Å². The number of rotatable bonds is 4. The molecule has 2 atom stereocenters. The van der Waals surface area contributed by atoms with Crippen LogP contribution in [-0.2, 0) is 0 Å². The van der Waals surface area contributed by atoms with Crippen molar-refractivity contribution < 1.29 is 4.79 Å². The number of hydrogen-bond donors (Lipinski definition) is 0. The lowest BCUT2D eigenvalue weighted by Crippen LogP contribution is -2.39. The molecule has 0 aliphatic carbocycles. The van der Waals surface area contributed by atoms with E-state index < -0.39 is 0 Å². The first-order valence-electron chi connectivity index (χ1n) is 8.49. The third-order valence-corrected chi connectivity index (χ3v) is 4.85. The highest BCUT2D eigenvalue weighted by atomic mass is 16.2. The number of amides is 1. The number of pyridine rings is 1. The van der Waals surface area contributed by atoms with Crippen molar-refractivity contribution in [2.75, 3.05) is 6.54 Å². The van der Waals surface area contributed by atoms with Crippen LogP contribution in [0.4, 0.5) is 0 Å². The van der Waals surface area contributed by atoms with Crippen molar-refractivity contribution in [3.8, 4) is 0 Å². The summed E-state index contributed by atoms with van der Waals surface area (Å²) in [6.45, 7) is 5.00. The molecule has 2 heterocycles. The number of likely N-dealkylation sites (tertiary alicyclic amines) is 1. The number of benzene rings is 1. The van der Waals surface area contributed by atoms with Gasteiger partial charge in [0.25, 0.3) is 5.91 Å². The number of carbonyl (C=O) groups is 1. The molecular weight excluding hydrogens is 284 g/mol. The number of carbonyl (C=O) groups excluding carboxylic acids is 1. The van der Waals surface area contributed by atoms with Crippen molar-refractivity contribution in [2.24, 2.45) is 0 Å². The second kappa shape index (κ2) is 6.95. The van der Waals surface area contributed by atoms with Crippen LogP contribution in [-0.4, -0.2) is 28.4 Å². The molecule has 1 fully saturated rings. The van der Waals surface area contributed by atoms with E-state index in [1.807, 2.05) is 25.1 Å². The lowest BCUT2D eigenvalue weighted by molar-refractivity contribution is 0.0714. The number of hydrogen-bond acceptors (Lipinski definition) is 2. The van der Waals surface area contributed by atoms with Gasteiger partial charge in [-0.25, -0.2) is 0 Å². The average Bonchev–Trinajstić information content (AvgIpc) is 3.06. The van der Waals surface area contributed by atoms with E-state index in [1.54, 1.807) is 6.20 Å². The Labute approximate surface area is 138 Å². The minimum Gasteiger partial charge on any atom is -0.335 e. The molecule has 0 saturated carbocycles. The molecule has 2 aromatic rings. The molecule has 0 spiro atoms. The highest BCUT2D eigenvalue weighted by molar-refractivity contribution is 5.94. The first kappa shape index (κ1) is 15.7. The minimum atomic E-state index is 0.120. The first-order chi connectivity index (χ1) is 11.2. The fraction of sp³-hybridized carbons (Fsp3) is 0.400. The summed E-state index contributed by atoms with van der Waals surface area (Å²) >= 11 is 0. The predicted octanol–water partition coefficient (Wildman–Crippen LogP) is 4.19. The Balaban J connectivity index is 1.84. The highest BCUT2D eigenvalue weighted by Crippen LogP contribution is 2.34. The Morgan fingerprint density at radius 1 is 1.26 bits per heavy atom. The standard InChI is InChI=1S/C20H24N2O/c1-3-18(16-8-5-4-6-9-16)19-10-7-13-22(19)20(23)17-12-11-15(2)21-14-17/h4-6,8-9,11-12,14,18-19H,3,7,10,13H2,1-2H3/t18-,19-/m1/s1. The molecule has 3 nitrogen and oxygen atoms in total. The first-order valence-corrected chi connectivity index (χ1v) is 8.49. The molecule has 0 radical (unpaired) electrons. The molecule has 1 amide bonds. The van der Waals surface area contributed by atoms with Gasteiger partial charge in [0.2, 0.25) is 0 Å². The van der Waals surface area contributed by atoms with E-state index in [0.717, 1.165) is 31.5 Å². The van der Waals surface area contributed by atoms with Gasteiger partial charge >= 0.3 is 0 Å². The Morgan fingerprint density at radius 2 is 2.04 bits per heavy atom. The second-order valence-electron chi connectivity index (χ2n) is 6.32. The summed E-state index contributed by atoms with van der Waals surface area (Å²) in [6, 6.07) is 14.7. The van der Waals surface area contributed by atoms with Crippen LogP contribution in [0, 0.1) is 6.92 Å². The zero-order chi connectivity index (χ0) is 16.2. The molecule has 1 saturated heterocycles. The van der Waals surface area contributed by atoms with Crippen molar-refractivity contribution in [3.63, 3.8) is 0 Å². The van der Waals surface area contributed by atoms with E-state index in [2.05, 4.69) is 41.1 Å². The molecule has 3 heteroatoms. The van der Waals surface area contributed by atoms with E-state index in [9.17, 15) is 4.79 Å². The Hall–Kier alpha value is -2.16. The number of aryl methyl sites for hydroxylation is 1. The van der Waals surface area contributed by atoms with Crippen LogP contribution >= 0.6 is 0 Å². The monoisotopic (exact) mass is 308 g/mol. The molecule has 120 valence electrons. The summed E-state index contributed by atoms with van der Waals surface area (Å²) in [5.41, 5.74) is 2.97. The smallest absolute Gasteiger partial charge is 0.255 e. The molecule has 23 heavy (non-hydrogen) atoms. The summed E-state index contributed by atoms with van der Waals surface area (Å²) in [7, 11) is 0. The Bertz CT molecular complexity index is 651. The number of aromatic nitrogens is 1. The molecule has 0 bridgehead atoms. The summed E-state index contributed by atoms with van der Waals surface area (Å²) in [6.07, 6.45) is 4.92. The van der Waals surface area contributed by atoms with E-state index >= 15 is 0 Å². The Kier molecular flexibility index (Phi) is 4.75. The second-order valence-corrected chi connectivity index (χ2v) is 6.32. The van der Waals surface area contributed by atoms with E-state index in [-0.39, 0.29) is 11.9 Å². The summed E-state index contributed by atoms with van der Waals surface area (Å²) in [5, 5.41) is 0. The van der Waals surface area contributed by atoms with Gasteiger partial charge in [-0.05, 0) is 43.9 Å². The van der Waals surface area contributed by atoms with Gasteiger partial charge in [-0.1, -0.05) is 37.3 Å². The van der Waals surface area contributed by atoms with Crippen molar-refractivity contribution in [1.82, 2.24) is 9.88 Å². The predicted molar refractivity (Wildman–Crippen MR) is 92.5 cm³/mol. The average molecular weight is 308 g/mol. The van der Waals surface area contributed by atoms with E-state index in [4.69, 9.17) is 0 Å². The fourth-order valence-electron chi connectivity index (χ4n) is 3.65. The maximum atomic E-state index is 12.9. The van der Waals surface area contributed by atoms with Gasteiger partial charge in [0.15, 0.2) is 0 Å². The molecule has 1 aliphatic rings. The fourth-order valence-corrected chi connectivity index (χ4v) is 3.65. The largest absolute Gasteiger partial charge is 0.335 e. The summed E-state index contributed by atoms with van der Waals surface area (Å²) < 4.78 is 0. The molecule has 3 rings (SSSR count). The van der Waals surface area contributed by atoms with Crippen molar-refractivity contribution >= 4 is 5.91 Å².